The Hall–Kier alpha value is -0.920. The van der Waals surface area contributed by atoms with E-state index in [2.05, 4.69) is 29.8 Å². The first-order chi connectivity index (χ1) is 9.62. The number of nitrogens with two attached hydrogens (primary N) is 1. The number of sulfonamides is 1. The first kappa shape index (κ1) is 18.1. The summed E-state index contributed by atoms with van der Waals surface area (Å²) < 4.78 is 28.7. The first-order valence-corrected chi connectivity index (χ1v) is 8.97. The van der Waals surface area contributed by atoms with Gasteiger partial charge in [-0.05, 0) is 43.4 Å². The van der Waals surface area contributed by atoms with Crippen LogP contribution in [0.2, 0.25) is 0 Å². The molecule has 0 aliphatic carbocycles. The topological polar surface area (TPSA) is 86.5 Å². The number of benzene rings is 1. The predicted octanol–water partition coefficient (Wildman–Crippen LogP) is 3.00. The minimum atomic E-state index is -3.89. The molecule has 0 fully saturated rings. The zero-order chi connectivity index (χ0) is 16.2. The molecular formula is C14H20BrNO4S. The Morgan fingerprint density at radius 2 is 2.00 bits per heavy atom. The molecule has 21 heavy (non-hydrogen) atoms. The second-order valence-electron chi connectivity index (χ2n) is 5.30. The third-order valence-corrected chi connectivity index (χ3v) is 4.86. The Kier molecular flexibility index (Phi) is 6.37. The quantitative estimate of drug-likeness (QED) is 0.609. The summed E-state index contributed by atoms with van der Waals surface area (Å²) in [6.07, 6.45) is 1.74. The van der Waals surface area contributed by atoms with E-state index < -0.39 is 16.0 Å². The predicted molar refractivity (Wildman–Crippen MR) is 84.6 cm³/mol. The number of hydrogen-bond donors (Lipinski definition) is 1. The molecule has 0 heterocycles. The smallest absolute Gasteiger partial charge is 0.338 e. The van der Waals surface area contributed by atoms with Gasteiger partial charge in [-0.25, -0.2) is 18.4 Å². The van der Waals surface area contributed by atoms with Crippen molar-refractivity contribution in [2.45, 2.75) is 38.5 Å². The molecule has 0 atom stereocenters. The lowest BCUT2D eigenvalue weighted by Gasteiger charge is -2.10. The van der Waals surface area contributed by atoms with Crippen LogP contribution in [0, 0.1) is 12.8 Å². The summed E-state index contributed by atoms with van der Waals surface area (Å²) in [5.74, 6) is -0.00411. The van der Waals surface area contributed by atoms with Gasteiger partial charge in [0.1, 0.15) is 0 Å². The Morgan fingerprint density at radius 1 is 1.38 bits per heavy atom. The fourth-order valence-corrected chi connectivity index (χ4v) is 3.23. The molecule has 0 spiro atoms. The largest absolute Gasteiger partial charge is 0.462 e. The summed E-state index contributed by atoms with van der Waals surface area (Å²) in [6, 6.07) is 2.79. The number of esters is 1. The summed E-state index contributed by atoms with van der Waals surface area (Å²) in [4.78, 5) is 11.9. The van der Waals surface area contributed by atoms with Crippen LogP contribution in [0.5, 0.6) is 0 Å². The highest BCUT2D eigenvalue weighted by molar-refractivity contribution is 9.10. The lowest BCUT2D eigenvalue weighted by atomic mass is 10.1. The van der Waals surface area contributed by atoms with Gasteiger partial charge in [-0.15, -0.1) is 0 Å². The molecule has 1 aromatic rings. The van der Waals surface area contributed by atoms with Crippen LogP contribution < -0.4 is 5.14 Å². The average molecular weight is 378 g/mol. The maximum atomic E-state index is 12.0. The van der Waals surface area contributed by atoms with Crippen LogP contribution in [-0.4, -0.2) is 21.0 Å². The molecule has 0 amide bonds. The van der Waals surface area contributed by atoms with Crippen molar-refractivity contribution >= 4 is 31.9 Å². The highest BCUT2D eigenvalue weighted by Crippen LogP contribution is 2.25. The number of ether oxygens (including phenoxy) is 1. The number of primary sulfonamides is 1. The minimum Gasteiger partial charge on any atom is -0.462 e. The molecule has 0 radical (unpaired) electrons. The van der Waals surface area contributed by atoms with Crippen LogP contribution in [0.15, 0.2) is 21.5 Å². The van der Waals surface area contributed by atoms with E-state index in [-0.39, 0.29) is 10.5 Å². The molecule has 1 aromatic carbocycles. The van der Waals surface area contributed by atoms with E-state index >= 15 is 0 Å². The van der Waals surface area contributed by atoms with Crippen LogP contribution in [0.4, 0.5) is 0 Å². The molecule has 118 valence electrons. The van der Waals surface area contributed by atoms with Crippen molar-refractivity contribution in [3.05, 3.63) is 27.7 Å². The van der Waals surface area contributed by atoms with Crippen LogP contribution in [-0.2, 0) is 14.8 Å². The monoisotopic (exact) mass is 377 g/mol. The maximum absolute atomic E-state index is 12.0. The Morgan fingerprint density at radius 3 is 2.52 bits per heavy atom. The van der Waals surface area contributed by atoms with Gasteiger partial charge in [-0.3, -0.25) is 0 Å². The van der Waals surface area contributed by atoms with Gasteiger partial charge in [0.05, 0.1) is 17.1 Å². The number of carbonyl (C=O) groups is 1. The summed E-state index contributed by atoms with van der Waals surface area (Å²) in [5.41, 5.74) is 0.634. The Labute approximate surface area is 134 Å². The molecule has 7 heteroatoms. The number of hydrogen-bond acceptors (Lipinski definition) is 4. The highest BCUT2D eigenvalue weighted by Gasteiger charge is 2.18. The molecule has 0 saturated carbocycles. The third-order valence-electron chi connectivity index (χ3n) is 3.00. The van der Waals surface area contributed by atoms with Gasteiger partial charge in [-0.1, -0.05) is 29.8 Å². The van der Waals surface area contributed by atoms with Crippen molar-refractivity contribution in [1.82, 2.24) is 0 Å². The molecule has 1 rings (SSSR count). The van der Waals surface area contributed by atoms with E-state index in [1.165, 1.54) is 12.1 Å². The van der Waals surface area contributed by atoms with Gasteiger partial charge < -0.3 is 4.74 Å². The van der Waals surface area contributed by atoms with Crippen molar-refractivity contribution in [3.8, 4) is 0 Å². The van der Waals surface area contributed by atoms with E-state index in [0.29, 0.717) is 22.6 Å². The average Bonchev–Trinajstić information content (AvgIpc) is 2.35. The molecular weight excluding hydrogens is 358 g/mol. The first-order valence-electron chi connectivity index (χ1n) is 6.63. The van der Waals surface area contributed by atoms with E-state index in [0.717, 1.165) is 12.8 Å². The highest BCUT2D eigenvalue weighted by atomic mass is 79.9. The van der Waals surface area contributed by atoms with Gasteiger partial charge >= 0.3 is 5.97 Å². The number of carbonyl (C=O) groups excluding carboxylic acids is 1. The summed E-state index contributed by atoms with van der Waals surface area (Å²) in [5, 5.41) is 5.15. The molecule has 0 aliphatic heterocycles. The van der Waals surface area contributed by atoms with Gasteiger partial charge in [0.2, 0.25) is 10.0 Å². The van der Waals surface area contributed by atoms with Crippen LogP contribution in [0.3, 0.4) is 0 Å². The number of rotatable bonds is 6. The molecule has 0 unspecified atom stereocenters. The van der Waals surface area contributed by atoms with Crippen LogP contribution in [0.25, 0.3) is 0 Å². The van der Waals surface area contributed by atoms with E-state index in [1.54, 1.807) is 6.92 Å². The summed E-state index contributed by atoms with van der Waals surface area (Å²) >= 11 is 3.23. The summed E-state index contributed by atoms with van der Waals surface area (Å²) in [6.45, 7) is 6.11. The maximum Gasteiger partial charge on any atom is 0.338 e. The van der Waals surface area contributed by atoms with Gasteiger partial charge in [0.15, 0.2) is 0 Å². The van der Waals surface area contributed by atoms with Gasteiger partial charge in [0.25, 0.3) is 0 Å². The minimum absolute atomic E-state index is 0.0778. The second kappa shape index (κ2) is 7.38. The molecule has 0 aromatic heterocycles. The summed E-state index contributed by atoms with van der Waals surface area (Å²) in [7, 11) is -3.89. The SMILES string of the molecule is Cc1c(Br)cc(C(=O)OCCCC(C)C)cc1S(N)(=O)=O. The number of halogens is 1. The molecule has 0 bridgehead atoms. The lowest BCUT2D eigenvalue weighted by molar-refractivity contribution is 0.0494. The Balaban J connectivity index is 2.89. The van der Waals surface area contributed by atoms with Crippen molar-refractivity contribution in [3.63, 3.8) is 0 Å². The van der Waals surface area contributed by atoms with Crippen molar-refractivity contribution in [2.75, 3.05) is 6.61 Å². The standard InChI is InChI=1S/C14H20BrNO4S/c1-9(2)5-4-6-20-14(17)11-7-12(15)10(3)13(8-11)21(16,18)19/h7-9H,4-6H2,1-3H3,(H2,16,18,19). The zero-order valence-corrected chi connectivity index (χ0v) is 14.8. The molecule has 0 aliphatic rings. The molecule has 2 N–H and O–H groups in total. The van der Waals surface area contributed by atoms with Gasteiger partial charge in [0, 0.05) is 4.47 Å². The van der Waals surface area contributed by atoms with Crippen molar-refractivity contribution in [2.24, 2.45) is 11.1 Å². The van der Waals surface area contributed by atoms with E-state index in [4.69, 9.17) is 9.88 Å². The van der Waals surface area contributed by atoms with Crippen molar-refractivity contribution < 1.29 is 17.9 Å². The van der Waals surface area contributed by atoms with Gasteiger partial charge in [-0.2, -0.15) is 0 Å². The van der Waals surface area contributed by atoms with Crippen LogP contribution >= 0.6 is 15.9 Å². The molecule has 5 nitrogen and oxygen atoms in total. The second-order valence-corrected chi connectivity index (χ2v) is 7.68. The van der Waals surface area contributed by atoms with E-state index in [9.17, 15) is 13.2 Å². The zero-order valence-electron chi connectivity index (χ0n) is 12.3. The fraction of sp³-hybridized carbons (Fsp3) is 0.500. The normalized spacial score (nSPS) is 11.7. The Bertz CT molecular complexity index is 626. The van der Waals surface area contributed by atoms with Crippen LogP contribution in [0.1, 0.15) is 42.6 Å². The lowest BCUT2D eigenvalue weighted by Crippen LogP contribution is -2.16. The third kappa shape index (κ3) is 5.41. The van der Waals surface area contributed by atoms with E-state index in [1.807, 2.05) is 0 Å². The fourth-order valence-electron chi connectivity index (χ4n) is 1.81. The van der Waals surface area contributed by atoms with Crippen molar-refractivity contribution in [1.29, 1.82) is 0 Å². The molecule has 0 saturated heterocycles.